The van der Waals surface area contributed by atoms with Crippen molar-refractivity contribution in [2.45, 2.75) is 24.8 Å². The molecule has 1 aromatic heterocycles. The number of aromatic nitrogens is 1. The van der Waals surface area contributed by atoms with E-state index in [4.69, 9.17) is 0 Å². The van der Waals surface area contributed by atoms with Crippen LogP contribution in [-0.4, -0.2) is 31.0 Å². The van der Waals surface area contributed by atoms with Gasteiger partial charge in [-0.25, -0.2) is 8.42 Å². The Morgan fingerprint density at radius 1 is 1.00 bits per heavy atom. The molecular weight excluding hydrogens is 402 g/mol. The van der Waals surface area contributed by atoms with Gasteiger partial charge in [0.2, 0.25) is 0 Å². The summed E-state index contributed by atoms with van der Waals surface area (Å²) in [6.07, 6.45) is 2.26. The second kappa shape index (κ2) is 9.06. The van der Waals surface area contributed by atoms with E-state index in [9.17, 15) is 18.3 Å². The average molecular weight is 426 g/mol. The highest BCUT2D eigenvalue weighted by atomic mass is 32.2. The first-order valence-corrected chi connectivity index (χ1v) is 10.8. The van der Waals surface area contributed by atoms with E-state index in [1.54, 1.807) is 36.7 Å². The lowest BCUT2D eigenvalue weighted by Crippen LogP contribution is -2.28. The van der Waals surface area contributed by atoms with E-state index >= 15 is 0 Å². The first kappa shape index (κ1) is 21.5. The molecule has 1 amide bonds. The standard InChI is InChI=1S/C22H23N3O4S/c1-15-3-6-19(13-16(15)2)25-30(28,29)20-7-4-18(5-8-20)22(27)24-14-21(26)17-9-11-23-12-10-17/h3-13,21,25-26H,14H2,1-2H3,(H,24,27). The summed E-state index contributed by atoms with van der Waals surface area (Å²) in [6, 6.07) is 14.3. The third-order valence-corrected chi connectivity index (χ3v) is 6.13. The van der Waals surface area contributed by atoms with Crippen LogP contribution in [0.2, 0.25) is 0 Å². The molecule has 3 N–H and O–H groups in total. The third kappa shape index (κ3) is 5.22. The van der Waals surface area contributed by atoms with Gasteiger partial charge in [-0.15, -0.1) is 0 Å². The van der Waals surface area contributed by atoms with Crippen LogP contribution in [0.5, 0.6) is 0 Å². The maximum absolute atomic E-state index is 12.6. The number of hydrogen-bond acceptors (Lipinski definition) is 5. The second-order valence-corrected chi connectivity index (χ2v) is 8.62. The highest BCUT2D eigenvalue weighted by molar-refractivity contribution is 7.92. The van der Waals surface area contributed by atoms with E-state index in [2.05, 4.69) is 15.0 Å². The summed E-state index contributed by atoms with van der Waals surface area (Å²) in [5, 5.41) is 12.7. The molecule has 0 spiro atoms. The van der Waals surface area contributed by atoms with Crippen LogP contribution in [0.1, 0.15) is 33.2 Å². The van der Waals surface area contributed by atoms with Gasteiger partial charge >= 0.3 is 0 Å². The number of carbonyl (C=O) groups excluding carboxylic acids is 1. The van der Waals surface area contributed by atoms with Crippen molar-refractivity contribution in [2.24, 2.45) is 0 Å². The van der Waals surface area contributed by atoms with E-state index in [0.717, 1.165) is 11.1 Å². The molecule has 0 fully saturated rings. The Labute approximate surface area is 175 Å². The maximum atomic E-state index is 12.6. The Kier molecular flexibility index (Phi) is 6.49. The summed E-state index contributed by atoms with van der Waals surface area (Å²) in [7, 11) is -3.77. The van der Waals surface area contributed by atoms with Gasteiger partial charge in [0, 0.05) is 30.2 Å². The molecule has 30 heavy (non-hydrogen) atoms. The van der Waals surface area contributed by atoms with E-state index in [1.807, 2.05) is 19.9 Å². The van der Waals surface area contributed by atoms with Crippen molar-refractivity contribution in [3.05, 3.63) is 89.2 Å². The van der Waals surface area contributed by atoms with Crippen LogP contribution < -0.4 is 10.0 Å². The number of anilines is 1. The normalized spacial score (nSPS) is 12.2. The molecule has 3 aromatic rings. The number of nitrogens with zero attached hydrogens (tertiary/aromatic N) is 1. The first-order chi connectivity index (χ1) is 14.3. The number of aliphatic hydroxyl groups is 1. The zero-order valence-corrected chi connectivity index (χ0v) is 17.5. The molecule has 2 aromatic carbocycles. The molecule has 0 aliphatic rings. The van der Waals surface area contributed by atoms with Crippen LogP contribution in [-0.2, 0) is 10.0 Å². The minimum absolute atomic E-state index is 0.0250. The first-order valence-electron chi connectivity index (χ1n) is 9.32. The average Bonchev–Trinajstić information content (AvgIpc) is 2.75. The predicted molar refractivity (Wildman–Crippen MR) is 115 cm³/mol. The molecule has 0 bridgehead atoms. The third-order valence-electron chi connectivity index (χ3n) is 4.73. The Balaban J connectivity index is 1.64. The summed E-state index contributed by atoms with van der Waals surface area (Å²) in [5.74, 6) is -0.408. The summed E-state index contributed by atoms with van der Waals surface area (Å²) in [4.78, 5) is 16.2. The minimum atomic E-state index is -3.77. The molecule has 0 radical (unpaired) electrons. The predicted octanol–water partition coefficient (Wildman–Crippen LogP) is 2.96. The number of sulfonamides is 1. The molecule has 1 unspecified atom stereocenters. The van der Waals surface area contributed by atoms with Gasteiger partial charge in [-0.05, 0) is 79.1 Å². The van der Waals surface area contributed by atoms with Gasteiger partial charge in [0.15, 0.2) is 0 Å². The number of benzene rings is 2. The number of carbonyl (C=O) groups is 1. The fourth-order valence-corrected chi connectivity index (χ4v) is 3.85. The molecule has 3 rings (SSSR count). The molecule has 1 atom stereocenters. The van der Waals surface area contributed by atoms with Gasteiger partial charge in [-0.1, -0.05) is 6.07 Å². The zero-order chi connectivity index (χ0) is 21.7. The topological polar surface area (TPSA) is 108 Å². The second-order valence-electron chi connectivity index (χ2n) is 6.94. The molecule has 8 heteroatoms. The lowest BCUT2D eigenvalue weighted by atomic mass is 10.1. The van der Waals surface area contributed by atoms with E-state index in [0.29, 0.717) is 16.8 Å². The Bertz CT molecular complexity index is 1130. The highest BCUT2D eigenvalue weighted by Crippen LogP contribution is 2.19. The fraction of sp³-hybridized carbons (Fsp3) is 0.182. The van der Waals surface area contributed by atoms with Crippen molar-refractivity contribution in [3.8, 4) is 0 Å². The summed E-state index contributed by atoms with van der Waals surface area (Å²) in [6.45, 7) is 3.89. The lowest BCUT2D eigenvalue weighted by molar-refractivity contribution is 0.0916. The molecule has 0 saturated heterocycles. The number of pyridine rings is 1. The zero-order valence-electron chi connectivity index (χ0n) is 16.7. The molecular formula is C22H23N3O4S. The molecule has 7 nitrogen and oxygen atoms in total. The van der Waals surface area contributed by atoms with Gasteiger partial charge in [-0.3, -0.25) is 14.5 Å². The van der Waals surface area contributed by atoms with Crippen molar-refractivity contribution in [3.63, 3.8) is 0 Å². The summed E-state index contributed by atoms with van der Waals surface area (Å²) >= 11 is 0. The highest BCUT2D eigenvalue weighted by Gasteiger charge is 2.16. The van der Waals surface area contributed by atoms with E-state index in [1.165, 1.54) is 24.3 Å². The van der Waals surface area contributed by atoms with Crippen molar-refractivity contribution >= 4 is 21.6 Å². The van der Waals surface area contributed by atoms with E-state index < -0.39 is 22.0 Å². The van der Waals surface area contributed by atoms with Crippen LogP contribution in [0.15, 0.2) is 71.9 Å². The van der Waals surface area contributed by atoms with Gasteiger partial charge < -0.3 is 10.4 Å². The maximum Gasteiger partial charge on any atom is 0.261 e. The number of hydrogen-bond donors (Lipinski definition) is 3. The van der Waals surface area contributed by atoms with Crippen LogP contribution in [0.4, 0.5) is 5.69 Å². The van der Waals surface area contributed by atoms with Crippen LogP contribution in [0, 0.1) is 13.8 Å². The Morgan fingerprint density at radius 3 is 2.30 bits per heavy atom. The van der Waals surface area contributed by atoms with Gasteiger partial charge in [0.25, 0.3) is 15.9 Å². The smallest absolute Gasteiger partial charge is 0.261 e. The van der Waals surface area contributed by atoms with Crippen LogP contribution >= 0.6 is 0 Å². The van der Waals surface area contributed by atoms with Crippen LogP contribution in [0.3, 0.4) is 0 Å². The van der Waals surface area contributed by atoms with Crippen molar-refractivity contribution in [1.29, 1.82) is 0 Å². The van der Waals surface area contributed by atoms with Gasteiger partial charge in [0.1, 0.15) is 0 Å². The number of aliphatic hydroxyl groups excluding tert-OH is 1. The number of nitrogens with one attached hydrogen (secondary N) is 2. The molecule has 1 heterocycles. The number of rotatable bonds is 7. The van der Waals surface area contributed by atoms with Gasteiger partial charge in [0.05, 0.1) is 11.0 Å². The number of amides is 1. The molecule has 156 valence electrons. The lowest BCUT2D eigenvalue weighted by Gasteiger charge is -2.13. The largest absolute Gasteiger partial charge is 0.387 e. The molecule has 0 aliphatic carbocycles. The molecule has 0 aliphatic heterocycles. The molecule has 0 saturated carbocycles. The SMILES string of the molecule is Cc1ccc(NS(=O)(=O)c2ccc(C(=O)NCC(O)c3ccncc3)cc2)cc1C. The minimum Gasteiger partial charge on any atom is -0.387 e. The van der Waals surface area contributed by atoms with E-state index in [-0.39, 0.29) is 11.4 Å². The van der Waals surface area contributed by atoms with Crippen molar-refractivity contribution in [2.75, 3.05) is 11.3 Å². The summed E-state index contributed by atoms with van der Waals surface area (Å²) in [5.41, 5.74) is 3.47. The monoisotopic (exact) mass is 425 g/mol. The van der Waals surface area contributed by atoms with Crippen molar-refractivity contribution in [1.82, 2.24) is 10.3 Å². The van der Waals surface area contributed by atoms with Gasteiger partial charge in [-0.2, -0.15) is 0 Å². The summed E-state index contributed by atoms with van der Waals surface area (Å²) < 4.78 is 27.7. The Hall–Kier alpha value is -3.23. The Morgan fingerprint density at radius 2 is 1.67 bits per heavy atom. The number of aryl methyl sites for hydroxylation is 2. The fourth-order valence-electron chi connectivity index (χ4n) is 2.80. The van der Waals surface area contributed by atoms with Crippen LogP contribution in [0.25, 0.3) is 0 Å². The quantitative estimate of drug-likeness (QED) is 0.539. The van der Waals surface area contributed by atoms with Crippen molar-refractivity contribution < 1.29 is 18.3 Å².